The molecule has 80 valence electrons. The monoisotopic (exact) mass is 198 g/mol. The van der Waals surface area contributed by atoms with Crippen LogP contribution < -0.4 is 5.73 Å². The second kappa shape index (κ2) is 4.57. The number of nitrogens with zero attached hydrogens (tertiary/aromatic N) is 1. The Balaban J connectivity index is 2.46. The van der Waals surface area contributed by atoms with Crippen LogP contribution in [0.15, 0.2) is 12.2 Å². The summed E-state index contributed by atoms with van der Waals surface area (Å²) in [5.41, 5.74) is 6.43. The summed E-state index contributed by atoms with van der Waals surface area (Å²) >= 11 is 0. The number of carbonyl (C=O) groups excluding carboxylic acids is 1. The zero-order valence-corrected chi connectivity index (χ0v) is 8.57. The van der Waals surface area contributed by atoms with Crippen molar-refractivity contribution in [1.29, 1.82) is 0 Å². The van der Waals surface area contributed by atoms with Crippen LogP contribution in [0.3, 0.4) is 0 Å². The van der Waals surface area contributed by atoms with Gasteiger partial charge in [0.2, 0.25) is 5.91 Å². The van der Waals surface area contributed by atoms with Gasteiger partial charge in [-0.15, -0.1) is 0 Å². The molecule has 4 nitrogen and oxygen atoms in total. The molecule has 1 amide bonds. The Morgan fingerprint density at radius 2 is 2.50 bits per heavy atom. The Kier molecular flexibility index (Phi) is 3.66. The van der Waals surface area contributed by atoms with Gasteiger partial charge in [0.1, 0.15) is 0 Å². The van der Waals surface area contributed by atoms with E-state index in [0.717, 1.165) is 5.57 Å². The van der Waals surface area contributed by atoms with Crippen LogP contribution in [0, 0.1) is 5.92 Å². The van der Waals surface area contributed by atoms with Gasteiger partial charge in [0.05, 0.1) is 12.8 Å². The average molecular weight is 198 g/mol. The standard InChI is InChI=1S/C10H18N2O2/c1-7(6-13)3-9-4-10(14)12(5-9)8(2)11/h8-9,13H,1,3-6,11H2,2H3/t8-,9-/m1/s1. The smallest absolute Gasteiger partial charge is 0.224 e. The summed E-state index contributed by atoms with van der Waals surface area (Å²) in [6, 6.07) is 0. The third kappa shape index (κ3) is 2.56. The summed E-state index contributed by atoms with van der Waals surface area (Å²) in [4.78, 5) is 13.1. The number of hydrogen-bond donors (Lipinski definition) is 2. The molecule has 1 heterocycles. The minimum atomic E-state index is -0.213. The Labute approximate surface area is 84.4 Å². The predicted molar refractivity (Wildman–Crippen MR) is 54.3 cm³/mol. The lowest BCUT2D eigenvalue weighted by molar-refractivity contribution is -0.129. The molecule has 0 aliphatic carbocycles. The third-order valence-corrected chi connectivity index (χ3v) is 2.53. The van der Waals surface area contributed by atoms with Crippen LogP contribution in [0.5, 0.6) is 0 Å². The highest BCUT2D eigenvalue weighted by molar-refractivity contribution is 5.78. The molecule has 1 aliphatic heterocycles. The van der Waals surface area contributed by atoms with E-state index in [1.165, 1.54) is 0 Å². The van der Waals surface area contributed by atoms with Gasteiger partial charge in [-0.3, -0.25) is 4.79 Å². The summed E-state index contributed by atoms with van der Waals surface area (Å²) in [6.07, 6.45) is 1.03. The first kappa shape index (κ1) is 11.2. The van der Waals surface area contributed by atoms with Gasteiger partial charge in [-0.25, -0.2) is 0 Å². The van der Waals surface area contributed by atoms with E-state index in [0.29, 0.717) is 19.4 Å². The van der Waals surface area contributed by atoms with Crippen LogP contribution >= 0.6 is 0 Å². The second-order valence-electron chi connectivity index (χ2n) is 3.97. The van der Waals surface area contributed by atoms with Crippen LogP contribution in [-0.4, -0.2) is 35.2 Å². The van der Waals surface area contributed by atoms with Crippen LogP contribution in [0.4, 0.5) is 0 Å². The predicted octanol–water partition coefficient (Wildman–Crippen LogP) is 0.0782. The van der Waals surface area contributed by atoms with Gasteiger partial charge in [0, 0.05) is 13.0 Å². The van der Waals surface area contributed by atoms with Gasteiger partial charge in [-0.2, -0.15) is 0 Å². The topological polar surface area (TPSA) is 66.6 Å². The van der Waals surface area contributed by atoms with Gasteiger partial charge in [0.25, 0.3) is 0 Å². The quantitative estimate of drug-likeness (QED) is 0.629. The number of hydrogen-bond acceptors (Lipinski definition) is 3. The molecule has 1 saturated heterocycles. The first-order chi connectivity index (χ1) is 6.54. The molecule has 0 radical (unpaired) electrons. The molecule has 0 aromatic rings. The molecule has 1 fully saturated rings. The van der Waals surface area contributed by atoms with Gasteiger partial charge < -0.3 is 15.7 Å². The minimum absolute atomic E-state index is 0.00285. The Morgan fingerprint density at radius 1 is 1.86 bits per heavy atom. The minimum Gasteiger partial charge on any atom is -0.392 e. The molecule has 14 heavy (non-hydrogen) atoms. The van der Waals surface area contributed by atoms with Crippen molar-refractivity contribution in [3.63, 3.8) is 0 Å². The molecule has 2 atom stereocenters. The lowest BCUT2D eigenvalue weighted by Crippen LogP contribution is -2.40. The van der Waals surface area contributed by atoms with E-state index in [-0.39, 0.29) is 24.6 Å². The molecule has 0 aromatic heterocycles. The summed E-state index contributed by atoms with van der Waals surface area (Å²) in [5, 5.41) is 8.81. The van der Waals surface area contributed by atoms with Crippen LogP contribution in [0.1, 0.15) is 19.8 Å². The molecule has 0 bridgehead atoms. The number of nitrogens with two attached hydrogens (primary N) is 1. The van der Waals surface area contributed by atoms with E-state index >= 15 is 0 Å². The summed E-state index contributed by atoms with van der Waals surface area (Å²) in [5.74, 6) is 0.379. The zero-order valence-electron chi connectivity index (χ0n) is 8.57. The van der Waals surface area contributed by atoms with Crippen molar-refractivity contribution >= 4 is 5.91 Å². The molecule has 0 saturated carbocycles. The number of rotatable bonds is 4. The Bertz CT molecular complexity index is 238. The fourth-order valence-electron chi connectivity index (χ4n) is 1.81. The van der Waals surface area contributed by atoms with Gasteiger partial charge in [-0.1, -0.05) is 12.2 Å². The van der Waals surface area contributed by atoms with Crippen molar-refractivity contribution in [1.82, 2.24) is 4.90 Å². The van der Waals surface area contributed by atoms with Crippen LogP contribution in [0.25, 0.3) is 0 Å². The fraction of sp³-hybridized carbons (Fsp3) is 0.700. The number of carbonyl (C=O) groups is 1. The third-order valence-electron chi connectivity index (χ3n) is 2.53. The van der Waals surface area contributed by atoms with E-state index in [2.05, 4.69) is 6.58 Å². The van der Waals surface area contributed by atoms with Gasteiger partial charge in [-0.05, 0) is 19.3 Å². The van der Waals surface area contributed by atoms with Gasteiger partial charge >= 0.3 is 0 Å². The molecular weight excluding hydrogens is 180 g/mol. The lowest BCUT2D eigenvalue weighted by Gasteiger charge is -2.20. The molecule has 1 rings (SSSR count). The van der Waals surface area contributed by atoms with E-state index in [9.17, 15) is 4.79 Å². The zero-order chi connectivity index (χ0) is 10.7. The molecule has 3 N–H and O–H groups in total. The first-order valence-electron chi connectivity index (χ1n) is 4.87. The van der Waals surface area contributed by atoms with Crippen LogP contribution in [0.2, 0.25) is 0 Å². The fourth-order valence-corrected chi connectivity index (χ4v) is 1.81. The molecule has 0 spiro atoms. The maximum atomic E-state index is 11.4. The molecule has 4 heteroatoms. The Hall–Kier alpha value is -0.870. The first-order valence-corrected chi connectivity index (χ1v) is 4.87. The SMILES string of the molecule is C=C(CO)C[C@@H]1CC(=O)N([C@H](C)N)C1. The largest absolute Gasteiger partial charge is 0.392 e. The van der Waals surface area contributed by atoms with Crippen molar-refractivity contribution in [3.8, 4) is 0 Å². The highest BCUT2D eigenvalue weighted by Gasteiger charge is 2.31. The molecule has 0 unspecified atom stereocenters. The van der Waals surface area contributed by atoms with Crippen molar-refractivity contribution in [2.45, 2.75) is 25.9 Å². The maximum Gasteiger partial charge on any atom is 0.224 e. The lowest BCUT2D eigenvalue weighted by atomic mass is 10.00. The number of aliphatic hydroxyl groups is 1. The van der Waals surface area contributed by atoms with Crippen molar-refractivity contribution in [2.24, 2.45) is 11.7 Å². The van der Waals surface area contributed by atoms with E-state index < -0.39 is 0 Å². The molecule has 1 aliphatic rings. The second-order valence-corrected chi connectivity index (χ2v) is 3.97. The molecule has 0 aromatic carbocycles. The van der Waals surface area contributed by atoms with Crippen molar-refractivity contribution in [3.05, 3.63) is 12.2 Å². The average Bonchev–Trinajstić information content (AvgIpc) is 2.46. The van der Waals surface area contributed by atoms with E-state index in [4.69, 9.17) is 10.8 Å². The molecular formula is C10H18N2O2. The van der Waals surface area contributed by atoms with Crippen LogP contribution in [-0.2, 0) is 4.79 Å². The highest BCUT2D eigenvalue weighted by atomic mass is 16.3. The highest BCUT2D eigenvalue weighted by Crippen LogP contribution is 2.24. The van der Waals surface area contributed by atoms with Gasteiger partial charge in [0.15, 0.2) is 0 Å². The van der Waals surface area contributed by atoms with Crippen molar-refractivity contribution in [2.75, 3.05) is 13.2 Å². The summed E-state index contributed by atoms with van der Waals surface area (Å²) in [6.45, 7) is 6.22. The number of amides is 1. The maximum absolute atomic E-state index is 11.4. The van der Waals surface area contributed by atoms with E-state index in [1.54, 1.807) is 11.8 Å². The van der Waals surface area contributed by atoms with Crippen molar-refractivity contribution < 1.29 is 9.90 Å². The van der Waals surface area contributed by atoms with E-state index in [1.807, 2.05) is 0 Å². The summed E-state index contributed by atoms with van der Waals surface area (Å²) in [7, 11) is 0. The number of aliphatic hydroxyl groups excluding tert-OH is 1. The normalized spacial score (nSPS) is 24.1. The Morgan fingerprint density at radius 3 is 2.93 bits per heavy atom. The summed E-state index contributed by atoms with van der Waals surface area (Å²) < 4.78 is 0. The number of likely N-dealkylation sites (tertiary alicyclic amines) is 1.